The van der Waals surface area contributed by atoms with Crippen molar-refractivity contribution < 1.29 is 26.8 Å². The van der Waals surface area contributed by atoms with Crippen molar-refractivity contribution in [3.63, 3.8) is 0 Å². The van der Waals surface area contributed by atoms with Gasteiger partial charge >= 0.3 is 16.2 Å². The molecule has 0 saturated heterocycles. The van der Waals surface area contributed by atoms with Gasteiger partial charge in [-0.1, -0.05) is 6.07 Å². The van der Waals surface area contributed by atoms with E-state index < -0.39 is 39.8 Å². The summed E-state index contributed by atoms with van der Waals surface area (Å²) < 4.78 is 56.4. The molecule has 1 atom stereocenters. The molecule has 0 fully saturated rings. The molecule has 10 nitrogen and oxygen atoms in total. The van der Waals surface area contributed by atoms with Crippen molar-refractivity contribution in [3.05, 3.63) is 82.8 Å². The fourth-order valence-electron chi connectivity index (χ4n) is 4.11. The average molecular weight is 579 g/mol. The Bertz CT molecular complexity index is 1490. The Kier molecular flexibility index (Phi) is 9.12. The first-order chi connectivity index (χ1) is 17.9. The van der Waals surface area contributed by atoms with Gasteiger partial charge in [-0.15, -0.1) is 0 Å². The van der Waals surface area contributed by atoms with Gasteiger partial charge in [-0.05, 0) is 61.2 Å². The zero-order valence-electron chi connectivity index (χ0n) is 21.4. The van der Waals surface area contributed by atoms with Crippen LogP contribution in [-0.4, -0.2) is 50.0 Å². The standard InChI is InChI=1S/C25H26F2N6O4S.H2S/c1-15-9-21(14-29-16(15)2)32(3)24(34)22(12-17-10-19(26)13-20(27)11-17)30-25(35)31-38(36,37)33-8-6-18-5-4-7-28-23(18)33;/h4-5,7,9-11,13-14,22H,6,8,12H2,1-3H3,(H2,30,31,35);1H2/t22-;/m0./s1. The summed E-state index contributed by atoms with van der Waals surface area (Å²) in [6, 6.07) is 5.33. The van der Waals surface area contributed by atoms with Gasteiger partial charge in [0.1, 0.15) is 23.5 Å². The monoisotopic (exact) mass is 578 g/mol. The lowest BCUT2D eigenvalue weighted by Gasteiger charge is -2.26. The predicted octanol–water partition coefficient (Wildman–Crippen LogP) is 2.67. The lowest BCUT2D eigenvalue weighted by molar-refractivity contribution is -0.120. The van der Waals surface area contributed by atoms with Crippen LogP contribution >= 0.6 is 13.5 Å². The Hall–Kier alpha value is -3.78. The number of likely N-dealkylation sites (N-methyl/N-ethyl adjacent to an activating group) is 1. The molecule has 0 radical (unpaired) electrons. The van der Waals surface area contributed by atoms with Crippen LogP contribution in [0, 0.1) is 25.5 Å². The second-order valence-electron chi connectivity index (χ2n) is 8.92. The number of carbonyl (C=O) groups is 2. The summed E-state index contributed by atoms with van der Waals surface area (Å²) in [5.41, 5.74) is 2.81. The zero-order chi connectivity index (χ0) is 27.6. The fourth-order valence-corrected chi connectivity index (χ4v) is 5.24. The topological polar surface area (TPSA) is 125 Å². The minimum Gasteiger partial charge on any atom is -0.325 e. The number of pyridine rings is 2. The summed E-state index contributed by atoms with van der Waals surface area (Å²) in [5.74, 6) is -2.16. The molecule has 1 aliphatic rings. The van der Waals surface area contributed by atoms with Gasteiger partial charge in [-0.3, -0.25) is 9.78 Å². The van der Waals surface area contributed by atoms with Crippen molar-refractivity contribution in [3.8, 4) is 0 Å². The van der Waals surface area contributed by atoms with Crippen molar-refractivity contribution in [2.45, 2.75) is 32.7 Å². The molecular formula is C25H28F2N6O4S2. The van der Waals surface area contributed by atoms with Crippen LogP contribution in [0.4, 0.5) is 25.1 Å². The number of carbonyl (C=O) groups excluding carboxylic acids is 2. The lowest BCUT2D eigenvalue weighted by Crippen LogP contribution is -2.54. The molecule has 0 aliphatic carbocycles. The highest BCUT2D eigenvalue weighted by molar-refractivity contribution is 7.91. The van der Waals surface area contributed by atoms with Gasteiger partial charge in [0.25, 0.3) is 0 Å². The Labute approximate surface area is 232 Å². The molecule has 0 saturated carbocycles. The largest absolute Gasteiger partial charge is 0.330 e. The molecule has 4 rings (SSSR count). The molecule has 0 unspecified atom stereocenters. The third-order valence-electron chi connectivity index (χ3n) is 6.21. The number of hydrogen-bond acceptors (Lipinski definition) is 6. The van der Waals surface area contributed by atoms with E-state index >= 15 is 0 Å². The summed E-state index contributed by atoms with van der Waals surface area (Å²) in [6.07, 6.45) is 3.03. The van der Waals surface area contributed by atoms with E-state index in [9.17, 15) is 26.8 Å². The number of benzene rings is 1. The first-order valence-corrected chi connectivity index (χ1v) is 13.1. The maximum Gasteiger partial charge on any atom is 0.330 e. The first-order valence-electron chi connectivity index (χ1n) is 11.7. The number of aromatic nitrogens is 2. The van der Waals surface area contributed by atoms with E-state index in [1.54, 1.807) is 18.2 Å². The zero-order valence-corrected chi connectivity index (χ0v) is 23.2. The Balaban J connectivity index is 0.00000420. The number of nitrogens with one attached hydrogen (secondary N) is 2. The van der Waals surface area contributed by atoms with Gasteiger partial charge in [0.15, 0.2) is 0 Å². The molecule has 14 heteroatoms. The highest BCUT2D eigenvalue weighted by Crippen LogP contribution is 2.26. The summed E-state index contributed by atoms with van der Waals surface area (Å²) >= 11 is 0. The van der Waals surface area contributed by atoms with Crippen molar-refractivity contribution in [2.75, 3.05) is 22.8 Å². The molecule has 3 heterocycles. The minimum absolute atomic E-state index is 0. The van der Waals surface area contributed by atoms with Crippen LogP contribution in [0.2, 0.25) is 0 Å². The number of halogens is 2. The number of anilines is 2. The maximum absolute atomic E-state index is 13.8. The number of aryl methyl sites for hydroxylation is 2. The molecule has 2 N–H and O–H groups in total. The van der Waals surface area contributed by atoms with E-state index in [-0.39, 0.29) is 37.8 Å². The smallest absolute Gasteiger partial charge is 0.325 e. The second kappa shape index (κ2) is 11.9. The molecular weight excluding hydrogens is 550 g/mol. The van der Waals surface area contributed by atoms with Crippen LogP contribution in [0.3, 0.4) is 0 Å². The Morgan fingerprint density at radius 2 is 1.82 bits per heavy atom. The van der Waals surface area contributed by atoms with Crippen molar-refractivity contribution in [2.24, 2.45) is 0 Å². The number of urea groups is 1. The van der Waals surface area contributed by atoms with Crippen LogP contribution in [0.25, 0.3) is 0 Å². The number of amides is 3. The van der Waals surface area contributed by atoms with Crippen molar-refractivity contribution in [1.29, 1.82) is 0 Å². The molecule has 39 heavy (non-hydrogen) atoms. The quantitative estimate of drug-likeness (QED) is 0.444. The summed E-state index contributed by atoms with van der Waals surface area (Å²) in [4.78, 5) is 35.8. The number of nitrogens with zero attached hydrogens (tertiary/aromatic N) is 4. The van der Waals surface area contributed by atoms with Crippen molar-refractivity contribution >= 4 is 47.1 Å². The van der Waals surface area contributed by atoms with Crippen molar-refractivity contribution in [1.82, 2.24) is 20.0 Å². The molecule has 3 amide bonds. The second-order valence-corrected chi connectivity index (χ2v) is 10.5. The van der Waals surface area contributed by atoms with Crippen LogP contribution < -0.4 is 19.2 Å². The highest BCUT2D eigenvalue weighted by Gasteiger charge is 2.33. The summed E-state index contributed by atoms with van der Waals surface area (Å²) in [7, 11) is -2.90. The number of hydrogen-bond donors (Lipinski definition) is 2. The summed E-state index contributed by atoms with van der Waals surface area (Å²) in [5, 5.41) is 2.35. The molecule has 1 aromatic carbocycles. The summed E-state index contributed by atoms with van der Waals surface area (Å²) in [6.45, 7) is 3.71. The molecule has 1 aliphatic heterocycles. The van der Waals surface area contributed by atoms with E-state index in [0.29, 0.717) is 23.7 Å². The molecule has 0 bridgehead atoms. The molecule has 2 aromatic heterocycles. The molecule has 3 aromatic rings. The van der Waals surface area contributed by atoms with Gasteiger partial charge in [0, 0.05) is 38.0 Å². The normalized spacial score (nSPS) is 13.2. The van der Waals surface area contributed by atoms with Crippen LogP contribution in [0.5, 0.6) is 0 Å². The van der Waals surface area contributed by atoms with Gasteiger partial charge in [0.05, 0.1) is 11.9 Å². The third-order valence-corrected chi connectivity index (χ3v) is 7.59. The number of fused-ring (bicyclic) bond motifs is 1. The van der Waals surface area contributed by atoms with Gasteiger partial charge in [0.2, 0.25) is 5.91 Å². The van der Waals surface area contributed by atoms with Crippen LogP contribution in [0.1, 0.15) is 22.4 Å². The van der Waals surface area contributed by atoms with E-state index in [1.165, 1.54) is 24.3 Å². The van der Waals surface area contributed by atoms with Crippen LogP contribution in [0.15, 0.2) is 48.8 Å². The van der Waals surface area contributed by atoms with E-state index in [1.807, 2.05) is 18.6 Å². The SMILES string of the molecule is Cc1cc(N(C)C(=O)[C@H](Cc2cc(F)cc(F)c2)NC(=O)NS(=O)(=O)N2CCc3cccnc32)cnc1C.S. The molecule has 208 valence electrons. The third kappa shape index (κ3) is 6.81. The highest BCUT2D eigenvalue weighted by atomic mass is 32.2. The van der Waals surface area contributed by atoms with Crippen LogP contribution in [-0.2, 0) is 27.8 Å². The van der Waals surface area contributed by atoms with Gasteiger partial charge in [-0.25, -0.2) is 27.6 Å². The number of rotatable bonds is 7. The van der Waals surface area contributed by atoms with E-state index in [0.717, 1.165) is 27.7 Å². The molecule has 0 spiro atoms. The van der Waals surface area contributed by atoms with Gasteiger partial charge < -0.3 is 10.2 Å². The minimum atomic E-state index is -4.36. The lowest BCUT2D eigenvalue weighted by atomic mass is 10.0. The first kappa shape index (κ1) is 29.8. The predicted molar refractivity (Wildman–Crippen MR) is 147 cm³/mol. The average Bonchev–Trinajstić information content (AvgIpc) is 3.29. The van der Waals surface area contributed by atoms with E-state index in [2.05, 4.69) is 15.3 Å². The Morgan fingerprint density at radius 3 is 2.49 bits per heavy atom. The Morgan fingerprint density at radius 1 is 1.13 bits per heavy atom. The maximum atomic E-state index is 13.8. The van der Waals surface area contributed by atoms with Gasteiger partial charge in [-0.2, -0.15) is 21.9 Å². The van der Waals surface area contributed by atoms with E-state index in [4.69, 9.17) is 0 Å². The fraction of sp³-hybridized carbons (Fsp3) is 0.280.